The van der Waals surface area contributed by atoms with Crippen molar-refractivity contribution in [3.8, 4) is 17.6 Å². The maximum absolute atomic E-state index is 14.7. The third-order valence-electron chi connectivity index (χ3n) is 4.59. The molecule has 1 aliphatic heterocycles. The number of aromatic nitrogens is 2. The molecule has 0 amide bonds. The number of nitriles is 1. The van der Waals surface area contributed by atoms with Crippen molar-refractivity contribution in [1.82, 2.24) is 9.78 Å². The van der Waals surface area contributed by atoms with E-state index in [4.69, 9.17) is 10.5 Å². The Morgan fingerprint density at radius 2 is 1.87 bits per heavy atom. The number of halogens is 5. The lowest BCUT2D eigenvalue weighted by Crippen LogP contribution is -2.24. The summed E-state index contributed by atoms with van der Waals surface area (Å²) in [6.07, 6.45) is -4.89. The number of hydrogen-bond acceptors (Lipinski definition) is 4. The van der Waals surface area contributed by atoms with Crippen molar-refractivity contribution in [3.05, 3.63) is 87.1 Å². The van der Waals surface area contributed by atoms with Crippen molar-refractivity contribution in [2.75, 3.05) is 0 Å². The maximum atomic E-state index is 14.7. The number of hydrogen-bond donors (Lipinski definition) is 1. The van der Waals surface area contributed by atoms with Gasteiger partial charge in [-0.1, -0.05) is 34.1 Å². The van der Waals surface area contributed by atoms with Crippen LogP contribution in [0.4, 0.5) is 17.6 Å². The van der Waals surface area contributed by atoms with Gasteiger partial charge in [0.25, 0.3) is 0 Å². The highest BCUT2D eigenvalue weighted by atomic mass is 79.9. The summed E-state index contributed by atoms with van der Waals surface area (Å²) in [5.41, 5.74) is 3.89. The van der Waals surface area contributed by atoms with Crippen LogP contribution in [0.15, 0.2) is 64.5 Å². The molecule has 5 nitrogen and oxygen atoms in total. The van der Waals surface area contributed by atoms with Gasteiger partial charge in [0, 0.05) is 10.0 Å². The monoisotopic (exact) mass is 478 g/mol. The molecule has 0 aliphatic carbocycles. The van der Waals surface area contributed by atoms with E-state index in [1.165, 1.54) is 24.3 Å². The molecule has 0 spiro atoms. The number of rotatable bonds is 2. The fourth-order valence-electron chi connectivity index (χ4n) is 3.34. The van der Waals surface area contributed by atoms with Crippen LogP contribution in [0.5, 0.6) is 5.88 Å². The Labute approximate surface area is 176 Å². The average Bonchev–Trinajstić information content (AvgIpc) is 3.09. The van der Waals surface area contributed by atoms with Crippen molar-refractivity contribution in [2.24, 2.45) is 5.73 Å². The fraction of sp³-hybridized carbons (Fsp3) is 0.100. The molecule has 1 atom stereocenters. The molecule has 152 valence electrons. The van der Waals surface area contributed by atoms with Crippen molar-refractivity contribution < 1.29 is 22.3 Å². The number of para-hydroxylation sites is 1. The first kappa shape index (κ1) is 20.0. The van der Waals surface area contributed by atoms with Gasteiger partial charge >= 0.3 is 6.18 Å². The smallest absolute Gasteiger partial charge is 0.422 e. The van der Waals surface area contributed by atoms with Gasteiger partial charge in [-0.05, 0) is 30.3 Å². The molecule has 3 aromatic rings. The molecular formula is C20H11BrF4N4O. The summed E-state index contributed by atoms with van der Waals surface area (Å²) in [5, 5.41) is 13.3. The minimum atomic E-state index is -4.89. The van der Waals surface area contributed by atoms with Crippen LogP contribution in [-0.4, -0.2) is 9.78 Å². The van der Waals surface area contributed by atoms with Crippen molar-refractivity contribution in [3.63, 3.8) is 0 Å². The zero-order valence-electron chi connectivity index (χ0n) is 14.9. The lowest BCUT2D eigenvalue weighted by atomic mass is 9.83. The Morgan fingerprint density at radius 3 is 2.50 bits per heavy atom. The Kier molecular flexibility index (Phi) is 4.78. The zero-order chi connectivity index (χ0) is 21.6. The summed E-state index contributed by atoms with van der Waals surface area (Å²) in [4.78, 5) is 0. The molecule has 0 unspecified atom stereocenters. The van der Waals surface area contributed by atoms with Crippen molar-refractivity contribution >= 4 is 15.9 Å². The van der Waals surface area contributed by atoms with Gasteiger partial charge in [0.1, 0.15) is 17.5 Å². The van der Waals surface area contributed by atoms with Gasteiger partial charge in [0.15, 0.2) is 5.69 Å². The minimum Gasteiger partial charge on any atom is -0.422 e. The van der Waals surface area contributed by atoms with E-state index in [0.29, 0.717) is 4.47 Å². The van der Waals surface area contributed by atoms with Gasteiger partial charge in [0.2, 0.25) is 11.8 Å². The van der Waals surface area contributed by atoms with Crippen LogP contribution in [0.2, 0.25) is 0 Å². The molecule has 2 N–H and O–H groups in total. The lowest BCUT2D eigenvalue weighted by Gasteiger charge is -2.25. The summed E-state index contributed by atoms with van der Waals surface area (Å²) in [6, 6.07) is 13.5. The number of fused-ring (bicyclic) bond motifs is 1. The van der Waals surface area contributed by atoms with E-state index in [1.807, 2.05) is 0 Å². The fourth-order valence-corrected chi connectivity index (χ4v) is 3.72. The molecule has 1 aliphatic rings. The molecule has 0 bridgehead atoms. The predicted molar refractivity (Wildman–Crippen MR) is 102 cm³/mol. The van der Waals surface area contributed by atoms with E-state index in [-0.39, 0.29) is 22.7 Å². The second-order valence-corrected chi connectivity index (χ2v) is 7.32. The molecular weight excluding hydrogens is 468 g/mol. The molecule has 0 fully saturated rings. The molecule has 2 heterocycles. The summed E-state index contributed by atoms with van der Waals surface area (Å²) in [6.45, 7) is 0. The van der Waals surface area contributed by atoms with Gasteiger partial charge in [-0.2, -0.15) is 28.2 Å². The third-order valence-corrected chi connectivity index (χ3v) is 5.08. The van der Waals surface area contributed by atoms with Crippen molar-refractivity contribution in [1.29, 1.82) is 5.26 Å². The number of allylic oxidation sites excluding steroid dienone is 1. The highest BCUT2D eigenvalue weighted by Gasteiger charge is 2.47. The minimum absolute atomic E-state index is 0.161. The first-order valence-electron chi connectivity index (χ1n) is 8.50. The van der Waals surface area contributed by atoms with Crippen LogP contribution in [0.25, 0.3) is 5.69 Å². The number of benzene rings is 2. The number of nitrogens with two attached hydrogens (primary N) is 1. The van der Waals surface area contributed by atoms with E-state index in [1.54, 1.807) is 24.3 Å². The first-order chi connectivity index (χ1) is 14.2. The van der Waals surface area contributed by atoms with Crippen molar-refractivity contribution in [2.45, 2.75) is 12.1 Å². The molecule has 30 heavy (non-hydrogen) atoms. The van der Waals surface area contributed by atoms with E-state index >= 15 is 0 Å². The van der Waals surface area contributed by atoms with Crippen LogP contribution in [-0.2, 0) is 6.18 Å². The second-order valence-electron chi connectivity index (χ2n) is 6.40. The summed E-state index contributed by atoms with van der Waals surface area (Å²) >= 11 is 3.19. The third kappa shape index (κ3) is 3.21. The van der Waals surface area contributed by atoms with E-state index < -0.39 is 35.1 Å². The first-order valence-corrected chi connectivity index (χ1v) is 9.29. The quantitative estimate of drug-likeness (QED) is 0.525. The summed E-state index contributed by atoms with van der Waals surface area (Å²) in [7, 11) is 0. The predicted octanol–water partition coefficient (Wildman–Crippen LogP) is 5.01. The zero-order valence-corrected chi connectivity index (χ0v) is 16.5. The summed E-state index contributed by atoms with van der Waals surface area (Å²) in [5.74, 6) is -2.99. The van der Waals surface area contributed by atoms with Gasteiger partial charge in [0.05, 0.1) is 17.2 Å². The van der Waals surface area contributed by atoms with Gasteiger partial charge in [-0.3, -0.25) is 0 Å². The normalized spacial score (nSPS) is 16.1. The van der Waals surface area contributed by atoms with Crippen LogP contribution in [0.1, 0.15) is 22.7 Å². The second kappa shape index (κ2) is 7.18. The number of ether oxygens (including phenoxy) is 1. The Bertz CT molecular complexity index is 1210. The number of alkyl halides is 3. The molecule has 2 aromatic carbocycles. The topological polar surface area (TPSA) is 76.9 Å². The molecule has 0 radical (unpaired) electrons. The van der Waals surface area contributed by atoms with E-state index in [2.05, 4.69) is 21.0 Å². The number of nitrogens with zero attached hydrogens (tertiary/aromatic N) is 3. The van der Waals surface area contributed by atoms with Gasteiger partial charge in [-0.15, -0.1) is 0 Å². The van der Waals surface area contributed by atoms with E-state index in [9.17, 15) is 22.8 Å². The lowest BCUT2D eigenvalue weighted by molar-refractivity contribution is -0.142. The molecule has 1 aromatic heterocycles. The van der Waals surface area contributed by atoms with Gasteiger partial charge < -0.3 is 10.5 Å². The Balaban J connectivity index is 2.08. The molecule has 4 rings (SSSR count). The van der Waals surface area contributed by atoms with Crippen LogP contribution in [0.3, 0.4) is 0 Å². The highest BCUT2D eigenvalue weighted by Crippen LogP contribution is 2.49. The molecule has 0 saturated heterocycles. The van der Waals surface area contributed by atoms with Gasteiger partial charge in [-0.25, -0.2) is 4.39 Å². The van der Waals surface area contributed by atoms with E-state index in [0.717, 1.165) is 10.7 Å². The van der Waals surface area contributed by atoms with Crippen LogP contribution < -0.4 is 10.5 Å². The maximum Gasteiger partial charge on any atom is 0.435 e. The molecule has 10 heteroatoms. The SMILES string of the molecule is N#CC1=C(N)Oc2c(c(C(F)(F)F)nn2-c2ccccc2)[C@@H]1c1cc(Br)ccc1F. The highest BCUT2D eigenvalue weighted by molar-refractivity contribution is 9.10. The molecule has 0 saturated carbocycles. The van der Waals surface area contributed by atoms with Crippen LogP contribution in [0, 0.1) is 17.1 Å². The Hall–Kier alpha value is -3.32. The Morgan fingerprint density at radius 1 is 1.17 bits per heavy atom. The average molecular weight is 479 g/mol. The van der Waals surface area contributed by atoms with Crippen LogP contribution >= 0.6 is 15.9 Å². The standard InChI is InChI=1S/C20H11BrF4N4O/c21-10-6-7-14(22)12(8-10)15-13(9-26)18(27)30-19-16(15)17(20(23,24)25)28-29(19)11-4-2-1-3-5-11/h1-8,15H,27H2/t15-/m1/s1. The summed E-state index contributed by atoms with van der Waals surface area (Å²) < 4.78 is 63.3. The largest absolute Gasteiger partial charge is 0.435 e.